The summed E-state index contributed by atoms with van der Waals surface area (Å²) in [4.78, 5) is 23.9. The molecule has 0 unspecified atom stereocenters. The largest absolute Gasteiger partial charge is 0.329 e. The molecule has 0 saturated heterocycles. The normalized spacial score (nSPS) is 12.1. The average Bonchev–Trinajstić information content (AvgIpc) is 2.11. The molecule has 1 N–H and O–H groups in total. The maximum Gasteiger partial charge on any atom is 0.329 e. The average molecular weight is 261 g/mol. The van der Waals surface area contributed by atoms with E-state index in [9.17, 15) is 27.2 Å². The number of aromatic nitrogens is 2. The molecule has 1 heterocycles. The van der Waals surface area contributed by atoms with E-state index in [0.717, 1.165) is 0 Å². The summed E-state index contributed by atoms with van der Waals surface area (Å²) in [6.45, 7) is -1.70. The second-order valence-corrected chi connectivity index (χ2v) is 3.32. The molecular weight excluding hydrogens is 256 g/mol. The fourth-order valence-corrected chi connectivity index (χ4v) is 1.10. The lowest BCUT2D eigenvalue weighted by atomic mass is 10.3. The van der Waals surface area contributed by atoms with Gasteiger partial charge in [-0.3, -0.25) is 14.3 Å². The van der Waals surface area contributed by atoms with Crippen molar-refractivity contribution in [2.24, 2.45) is 0 Å². The van der Waals surface area contributed by atoms with Crippen molar-refractivity contribution in [2.45, 2.75) is 18.9 Å². The van der Waals surface area contributed by atoms with Gasteiger partial charge in [-0.05, 0) is 0 Å². The van der Waals surface area contributed by atoms with Crippen LogP contribution in [0.25, 0.3) is 0 Å². The minimum atomic E-state index is -4.45. The molecule has 1 aromatic rings. The zero-order valence-electron chi connectivity index (χ0n) is 7.52. The summed E-state index contributed by atoms with van der Waals surface area (Å²) < 4.78 is 48.8. The van der Waals surface area contributed by atoms with Crippen molar-refractivity contribution in [3.8, 4) is 0 Å². The zero-order chi connectivity index (χ0) is 12.5. The molecule has 9 heteroatoms. The highest BCUT2D eigenvalue weighted by Gasteiger charge is 2.41. The lowest BCUT2D eigenvalue weighted by molar-refractivity contribution is -0.138. The Morgan fingerprint density at radius 1 is 1.44 bits per heavy atom. The molecule has 0 aromatic carbocycles. The second kappa shape index (κ2) is 4.28. The predicted octanol–water partition coefficient (Wildman–Crippen LogP) is 1.09. The van der Waals surface area contributed by atoms with E-state index in [4.69, 9.17) is 11.6 Å². The van der Waals surface area contributed by atoms with Crippen LogP contribution in [0.15, 0.2) is 15.7 Å². The van der Waals surface area contributed by atoms with Crippen LogP contribution in [-0.2, 0) is 6.54 Å². The molecule has 0 bridgehead atoms. The van der Waals surface area contributed by atoms with Crippen molar-refractivity contribution >= 4 is 11.6 Å². The van der Waals surface area contributed by atoms with E-state index in [0.29, 0.717) is 6.07 Å². The van der Waals surface area contributed by atoms with Crippen molar-refractivity contribution < 1.29 is 17.6 Å². The lowest BCUT2D eigenvalue weighted by Gasteiger charge is -2.15. The van der Waals surface area contributed by atoms with Gasteiger partial charge in [0.05, 0.1) is 0 Å². The van der Waals surface area contributed by atoms with Gasteiger partial charge >= 0.3 is 18.0 Å². The number of alkyl halides is 4. The van der Waals surface area contributed by atoms with Crippen molar-refractivity contribution in [1.29, 1.82) is 0 Å². The SMILES string of the molecule is O=c1cc(Cl)[nH]c(=O)n1CC(F)(F)C(F)F. The van der Waals surface area contributed by atoms with E-state index < -0.39 is 30.1 Å². The molecule has 0 spiro atoms. The van der Waals surface area contributed by atoms with Crippen LogP contribution in [0.1, 0.15) is 0 Å². The molecule has 4 nitrogen and oxygen atoms in total. The molecular formula is C7H5ClF4N2O2. The van der Waals surface area contributed by atoms with Crippen LogP contribution in [0.2, 0.25) is 5.15 Å². The Balaban J connectivity index is 3.18. The zero-order valence-corrected chi connectivity index (χ0v) is 8.27. The van der Waals surface area contributed by atoms with E-state index >= 15 is 0 Å². The molecule has 0 atom stereocenters. The first kappa shape index (κ1) is 12.8. The van der Waals surface area contributed by atoms with E-state index in [-0.39, 0.29) is 9.72 Å². The van der Waals surface area contributed by atoms with Gasteiger partial charge in [-0.15, -0.1) is 0 Å². The molecule has 0 fully saturated rings. The number of aromatic amines is 1. The van der Waals surface area contributed by atoms with Gasteiger partial charge in [-0.25, -0.2) is 13.6 Å². The Hall–Kier alpha value is -1.31. The highest BCUT2D eigenvalue weighted by Crippen LogP contribution is 2.23. The predicted molar refractivity (Wildman–Crippen MR) is 47.3 cm³/mol. The summed E-state index contributed by atoms with van der Waals surface area (Å²) in [5.74, 6) is -4.45. The van der Waals surface area contributed by atoms with Crippen LogP contribution < -0.4 is 11.2 Å². The van der Waals surface area contributed by atoms with Crippen LogP contribution in [0.3, 0.4) is 0 Å². The Bertz CT molecular complexity index is 465. The highest BCUT2D eigenvalue weighted by molar-refractivity contribution is 6.29. The third-order valence-corrected chi connectivity index (χ3v) is 1.88. The topological polar surface area (TPSA) is 54.9 Å². The summed E-state index contributed by atoms with van der Waals surface area (Å²) >= 11 is 5.25. The number of nitrogens with one attached hydrogen (secondary N) is 1. The second-order valence-electron chi connectivity index (χ2n) is 2.91. The van der Waals surface area contributed by atoms with Crippen LogP contribution in [0, 0.1) is 0 Å². The van der Waals surface area contributed by atoms with E-state index in [1.54, 1.807) is 0 Å². The first-order valence-corrected chi connectivity index (χ1v) is 4.27. The van der Waals surface area contributed by atoms with Gasteiger partial charge in [0.2, 0.25) is 0 Å². The van der Waals surface area contributed by atoms with Crippen LogP contribution in [0.4, 0.5) is 17.6 Å². The van der Waals surface area contributed by atoms with Gasteiger partial charge in [0.25, 0.3) is 5.56 Å². The van der Waals surface area contributed by atoms with Gasteiger partial charge in [-0.1, -0.05) is 11.6 Å². The van der Waals surface area contributed by atoms with Gasteiger partial charge in [0.1, 0.15) is 11.7 Å². The Kier molecular flexibility index (Phi) is 3.41. The Labute approximate surface area is 90.5 Å². The molecule has 0 saturated carbocycles. The van der Waals surface area contributed by atoms with Gasteiger partial charge in [-0.2, -0.15) is 8.78 Å². The molecule has 0 amide bonds. The molecule has 1 rings (SSSR count). The number of nitrogens with zero attached hydrogens (tertiary/aromatic N) is 1. The molecule has 16 heavy (non-hydrogen) atoms. The number of hydrogen-bond donors (Lipinski definition) is 1. The smallest absolute Gasteiger partial charge is 0.298 e. The number of rotatable bonds is 3. The number of H-pyrrole nitrogens is 1. The molecule has 90 valence electrons. The quantitative estimate of drug-likeness (QED) is 0.653. The van der Waals surface area contributed by atoms with Crippen LogP contribution >= 0.6 is 11.6 Å². The van der Waals surface area contributed by atoms with Crippen molar-refractivity contribution in [2.75, 3.05) is 0 Å². The summed E-state index contributed by atoms with van der Waals surface area (Å²) in [7, 11) is 0. The highest BCUT2D eigenvalue weighted by atomic mass is 35.5. The van der Waals surface area contributed by atoms with Crippen molar-refractivity contribution in [3.63, 3.8) is 0 Å². The fraction of sp³-hybridized carbons (Fsp3) is 0.429. The molecule has 0 aliphatic carbocycles. The van der Waals surface area contributed by atoms with Crippen LogP contribution in [-0.4, -0.2) is 21.9 Å². The standard InChI is InChI=1S/C7H5ClF4N2O2/c8-3-1-4(15)14(6(16)13-3)2-7(11,12)5(9)10/h1,5H,2H2,(H,13,16). The molecule has 0 aliphatic rings. The molecule has 0 radical (unpaired) electrons. The van der Waals surface area contributed by atoms with Crippen LogP contribution in [0.5, 0.6) is 0 Å². The number of halogens is 5. The lowest BCUT2D eigenvalue weighted by Crippen LogP contribution is -2.43. The maximum atomic E-state index is 12.6. The third-order valence-electron chi connectivity index (χ3n) is 1.68. The van der Waals surface area contributed by atoms with Gasteiger partial charge in [0, 0.05) is 6.07 Å². The fourth-order valence-electron chi connectivity index (χ4n) is 0.922. The van der Waals surface area contributed by atoms with Crippen molar-refractivity contribution in [1.82, 2.24) is 9.55 Å². The minimum absolute atomic E-state index is 0.0436. The Morgan fingerprint density at radius 3 is 2.44 bits per heavy atom. The molecule has 0 aliphatic heterocycles. The van der Waals surface area contributed by atoms with Gasteiger partial charge in [0.15, 0.2) is 0 Å². The molecule has 1 aromatic heterocycles. The van der Waals surface area contributed by atoms with Gasteiger partial charge < -0.3 is 0 Å². The summed E-state index contributed by atoms with van der Waals surface area (Å²) in [5, 5.41) is -0.355. The maximum absolute atomic E-state index is 12.6. The van der Waals surface area contributed by atoms with E-state index in [1.165, 1.54) is 0 Å². The summed E-state index contributed by atoms with van der Waals surface area (Å²) in [5.41, 5.74) is -2.44. The summed E-state index contributed by atoms with van der Waals surface area (Å²) in [6.07, 6.45) is -3.96. The first-order chi connectivity index (χ1) is 7.24. The third kappa shape index (κ3) is 2.63. The van der Waals surface area contributed by atoms with E-state index in [2.05, 4.69) is 0 Å². The first-order valence-electron chi connectivity index (χ1n) is 3.89. The minimum Gasteiger partial charge on any atom is -0.298 e. The Morgan fingerprint density at radius 2 is 2.00 bits per heavy atom. The van der Waals surface area contributed by atoms with E-state index in [1.807, 2.05) is 4.98 Å². The number of hydrogen-bond acceptors (Lipinski definition) is 2. The van der Waals surface area contributed by atoms with Crippen molar-refractivity contribution in [3.05, 3.63) is 32.1 Å². The summed E-state index contributed by atoms with van der Waals surface area (Å²) in [6, 6.07) is 0.643. The monoisotopic (exact) mass is 260 g/mol.